The summed E-state index contributed by atoms with van der Waals surface area (Å²) < 4.78 is 2.47. The first-order valence-corrected chi connectivity index (χ1v) is 7.36. The first kappa shape index (κ1) is 16.4. The maximum absolute atomic E-state index is 12.5. The largest absolute Gasteiger partial charge is 0.389 e. The zero-order valence-electron chi connectivity index (χ0n) is 14.1. The van der Waals surface area contributed by atoms with E-state index >= 15 is 0 Å². The van der Waals surface area contributed by atoms with E-state index in [1.165, 1.54) is 9.36 Å². The number of benzene rings is 1. The van der Waals surface area contributed by atoms with Crippen LogP contribution >= 0.6 is 0 Å². The highest BCUT2D eigenvalue weighted by molar-refractivity contribution is 5.44. The molecule has 0 unspecified atom stereocenters. The van der Waals surface area contributed by atoms with Gasteiger partial charge in [-0.1, -0.05) is 32.9 Å². The summed E-state index contributed by atoms with van der Waals surface area (Å²) in [7, 11) is 0. The molecule has 0 saturated carbocycles. The third-order valence-corrected chi connectivity index (χ3v) is 3.48. The Morgan fingerprint density at radius 3 is 2.32 bits per heavy atom. The number of tetrazole rings is 1. The second kappa shape index (κ2) is 5.35. The molecule has 2 aromatic rings. The predicted molar refractivity (Wildman–Crippen MR) is 85.4 cm³/mol. The average molecular weight is 304 g/mol. The van der Waals surface area contributed by atoms with Gasteiger partial charge < -0.3 is 5.11 Å². The summed E-state index contributed by atoms with van der Waals surface area (Å²) in [5.74, 6) is 0. The Hall–Kier alpha value is -1.95. The lowest BCUT2D eigenvalue weighted by atomic mass is 9.86. The smallest absolute Gasteiger partial charge is 0.368 e. The molecule has 1 heterocycles. The standard InChI is InChI=1S/C16H24N4O2/c1-11-7-8-12(15(2,3)4)9-13(11)20-14(21)19(17-18-20)10-16(5,6)22/h7-9,22H,10H2,1-6H3. The van der Waals surface area contributed by atoms with Gasteiger partial charge in [0, 0.05) is 0 Å². The molecular formula is C16H24N4O2. The van der Waals surface area contributed by atoms with Crippen molar-refractivity contribution in [1.29, 1.82) is 0 Å². The van der Waals surface area contributed by atoms with Crippen LogP contribution in [0.15, 0.2) is 23.0 Å². The van der Waals surface area contributed by atoms with Crippen LogP contribution in [0.3, 0.4) is 0 Å². The van der Waals surface area contributed by atoms with Gasteiger partial charge in [0.25, 0.3) is 0 Å². The summed E-state index contributed by atoms with van der Waals surface area (Å²) in [4.78, 5) is 12.5. The fourth-order valence-electron chi connectivity index (χ4n) is 2.20. The minimum atomic E-state index is -1.02. The number of hydrogen-bond acceptors (Lipinski definition) is 4. The second-order valence-electron chi connectivity index (χ2n) is 7.39. The molecule has 6 heteroatoms. The van der Waals surface area contributed by atoms with E-state index in [0.717, 1.165) is 16.8 Å². The lowest BCUT2D eigenvalue weighted by Gasteiger charge is -2.20. The van der Waals surface area contributed by atoms with Gasteiger partial charge in [-0.05, 0) is 53.8 Å². The zero-order chi connectivity index (χ0) is 16.7. The number of rotatable bonds is 3. The zero-order valence-corrected chi connectivity index (χ0v) is 14.1. The van der Waals surface area contributed by atoms with E-state index < -0.39 is 5.60 Å². The number of aryl methyl sites for hydroxylation is 1. The van der Waals surface area contributed by atoms with Gasteiger partial charge in [-0.25, -0.2) is 4.79 Å². The Bertz CT molecular complexity index is 730. The maximum atomic E-state index is 12.5. The van der Waals surface area contributed by atoms with Crippen molar-refractivity contribution in [3.8, 4) is 5.69 Å². The van der Waals surface area contributed by atoms with Gasteiger partial charge in [-0.3, -0.25) is 0 Å². The molecule has 0 aliphatic heterocycles. The van der Waals surface area contributed by atoms with Crippen LogP contribution in [-0.4, -0.2) is 30.5 Å². The predicted octanol–water partition coefficient (Wildman–Crippen LogP) is 1.81. The Morgan fingerprint density at radius 2 is 1.77 bits per heavy atom. The fraction of sp³-hybridized carbons (Fsp3) is 0.562. The van der Waals surface area contributed by atoms with Gasteiger partial charge in [-0.15, -0.1) is 0 Å². The van der Waals surface area contributed by atoms with E-state index in [2.05, 4.69) is 37.3 Å². The van der Waals surface area contributed by atoms with E-state index in [0.29, 0.717) is 0 Å². The minimum absolute atomic E-state index is 0.0187. The average Bonchev–Trinajstić information content (AvgIpc) is 2.68. The summed E-state index contributed by atoms with van der Waals surface area (Å²) in [6.45, 7) is 11.7. The van der Waals surface area contributed by atoms with Crippen molar-refractivity contribution in [2.75, 3.05) is 0 Å². The van der Waals surface area contributed by atoms with Gasteiger partial charge in [0.15, 0.2) is 0 Å². The van der Waals surface area contributed by atoms with E-state index in [1.54, 1.807) is 13.8 Å². The maximum Gasteiger partial charge on any atom is 0.368 e. The van der Waals surface area contributed by atoms with Crippen molar-refractivity contribution < 1.29 is 5.11 Å². The molecule has 1 N–H and O–H groups in total. The van der Waals surface area contributed by atoms with Crippen molar-refractivity contribution in [3.05, 3.63) is 39.8 Å². The van der Waals surface area contributed by atoms with Crippen molar-refractivity contribution in [1.82, 2.24) is 19.8 Å². The van der Waals surface area contributed by atoms with Crippen LogP contribution < -0.4 is 5.69 Å². The van der Waals surface area contributed by atoms with Gasteiger partial charge in [0.2, 0.25) is 0 Å². The Balaban J connectivity index is 2.52. The molecule has 1 aromatic heterocycles. The SMILES string of the molecule is Cc1ccc(C(C)(C)C)cc1-n1nnn(CC(C)(C)O)c1=O. The Labute approximate surface area is 130 Å². The van der Waals surface area contributed by atoms with E-state index in [4.69, 9.17) is 0 Å². The van der Waals surface area contributed by atoms with Crippen molar-refractivity contribution >= 4 is 0 Å². The highest BCUT2D eigenvalue weighted by Crippen LogP contribution is 2.25. The van der Waals surface area contributed by atoms with Crippen molar-refractivity contribution in [2.24, 2.45) is 0 Å². The Morgan fingerprint density at radius 1 is 1.14 bits per heavy atom. The quantitative estimate of drug-likeness (QED) is 0.938. The summed E-state index contributed by atoms with van der Waals surface area (Å²) in [6, 6.07) is 6.02. The summed E-state index contributed by atoms with van der Waals surface area (Å²) in [5.41, 5.74) is 1.40. The van der Waals surface area contributed by atoms with Crippen LogP contribution in [0.4, 0.5) is 0 Å². The molecule has 0 fully saturated rings. The molecule has 0 saturated heterocycles. The van der Waals surface area contributed by atoms with Crippen LogP contribution in [0.25, 0.3) is 5.69 Å². The van der Waals surface area contributed by atoms with Gasteiger partial charge in [-0.2, -0.15) is 9.36 Å². The molecule has 0 spiro atoms. The number of aliphatic hydroxyl groups is 1. The van der Waals surface area contributed by atoms with Gasteiger partial charge >= 0.3 is 5.69 Å². The molecule has 0 aliphatic carbocycles. The fourth-order valence-corrected chi connectivity index (χ4v) is 2.20. The topological polar surface area (TPSA) is 72.9 Å². The first-order chi connectivity index (χ1) is 9.99. The molecule has 0 aliphatic rings. The highest BCUT2D eigenvalue weighted by atomic mass is 16.3. The van der Waals surface area contributed by atoms with Crippen LogP contribution in [0, 0.1) is 6.92 Å². The monoisotopic (exact) mass is 304 g/mol. The van der Waals surface area contributed by atoms with Gasteiger partial charge in [0.1, 0.15) is 0 Å². The van der Waals surface area contributed by atoms with Crippen LogP contribution in [0.5, 0.6) is 0 Å². The minimum Gasteiger partial charge on any atom is -0.389 e. The third-order valence-electron chi connectivity index (χ3n) is 3.48. The molecule has 6 nitrogen and oxygen atoms in total. The molecule has 120 valence electrons. The number of hydrogen-bond donors (Lipinski definition) is 1. The summed E-state index contributed by atoms with van der Waals surface area (Å²) in [6.07, 6.45) is 0. The van der Waals surface area contributed by atoms with Crippen LogP contribution in [-0.2, 0) is 12.0 Å². The molecule has 0 amide bonds. The number of nitrogens with zero attached hydrogens (tertiary/aromatic N) is 4. The van der Waals surface area contributed by atoms with Crippen molar-refractivity contribution in [3.63, 3.8) is 0 Å². The summed E-state index contributed by atoms with van der Waals surface area (Å²) >= 11 is 0. The van der Waals surface area contributed by atoms with E-state index in [9.17, 15) is 9.90 Å². The van der Waals surface area contributed by atoms with Crippen molar-refractivity contribution in [2.45, 2.75) is 59.1 Å². The lowest BCUT2D eigenvalue weighted by molar-refractivity contribution is 0.0560. The van der Waals surface area contributed by atoms with Crippen LogP contribution in [0.2, 0.25) is 0 Å². The molecule has 0 bridgehead atoms. The molecule has 0 radical (unpaired) electrons. The van der Waals surface area contributed by atoms with E-state index in [-0.39, 0.29) is 17.6 Å². The molecule has 0 atom stereocenters. The first-order valence-electron chi connectivity index (χ1n) is 7.36. The normalized spacial score (nSPS) is 12.7. The second-order valence-corrected chi connectivity index (χ2v) is 7.39. The van der Waals surface area contributed by atoms with Gasteiger partial charge in [0.05, 0.1) is 17.8 Å². The molecule has 2 rings (SSSR count). The molecule has 22 heavy (non-hydrogen) atoms. The molecular weight excluding hydrogens is 280 g/mol. The van der Waals surface area contributed by atoms with Crippen LogP contribution in [0.1, 0.15) is 45.7 Å². The lowest BCUT2D eigenvalue weighted by Crippen LogP contribution is -2.34. The number of aromatic nitrogens is 4. The third kappa shape index (κ3) is 3.44. The highest BCUT2D eigenvalue weighted by Gasteiger charge is 2.20. The Kier molecular flexibility index (Phi) is 4.00. The van der Waals surface area contributed by atoms with E-state index in [1.807, 2.05) is 19.1 Å². The summed E-state index contributed by atoms with van der Waals surface area (Å²) in [5, 5.41) is 17.7. The molecule has 1 aromatic carbocycles.